The molecule has 4 aromatic heterocycles. The van der Waals surface area contributed by atoms with Gasteiger partial charge in [0.2, 0.25) is 10.2 Å². The number of hydrogen-bond donors (Lipinski definition) is 0. The molecule has 2 unspecified atom stereocenters. The van der Waals surface area contributed by atoms with E-state index in [9.17, 15) is 9.59 Å². The first-order valence-corrected chi connectivity index (χ1v) is 18.3. The Bertz CT molecular complexity index is 2510. The lowest BCUT2D eigenvalue weighted by Gasteiger charge is -2.19. The number of thioether (sulfide) groups is 2. The van der Waals surface area contributed by atoms with Crippen molar-refractivity contribution in [2.24, 2.45) is 5.92 Å². The molecule has 0 amide bonds. The lowest BCUT2D eigenvalue weighted by molar-refractivity contribution is -0.112. The average Bonchev–Trinajstić information content (AvgIpc) is 3.89. The average molecular weight is 703 g/mol. The van der Waals surface area contributed by atoms with E-state index in [0.717, 1.165) is 44.0 Å². The third kappa shape index (κ3) is 5.47. The minimum atomic E-state index is -0.341. The molecule has 0 saturated carbocycles. The van der Waals surface area contributed by atoms with Gasteiger partial charge >= 0.3 is 0 Å². The molecule has 6 heterocycles. The highest BCUT2D eigenvalue weighted by molar-refractivity contribution is 8.19. The van der Waals surface area contributed by atoms with Gasteiger partial charge in [-0.15, -0.1) is 45.3 Å². The third-order valence-electron chi connectivity index (χ3n) is 7.31. The second kappa shape index (κ2) is 12.4. The van der Waals surface area contributed by atoms with Crippen LogP contribution in [0, 0.1) is 51.2 Å². The van der Waals surface area contributed by atoms with Gasteiger partial charge in [0.15, 0.2) is 0 Å². The molecule has 7 rings (SSSR count). The van der Waals surface area contributed by atoms with Crippen LogP contribution in [-0.4, -0.2) is 10.2 Å². The smallest absolute Gasteiger partial charge is 0.226 e. The second-order valence-electron chi connectivity index (χ2n) is 10.0. The zero-order valence-electron chi connectivity index (χ0n) is 23.1. The molecule has 1 aliphatic carbocycles. The summed E-state index contributed by atoms with van der Waals surface area (Å²) in [6, 6.07) is 22.9. The van der Waals surface area contributed by atoms with Crippen LogP contribution >= 0.6 is 68.9 Å². The Kier molecular flexibility index (Phi) is 8.11. The lowest BCUT2D eigenvalue weighted by atomic mass is 9.86. The van der Waals surface area contributed by atoms with Crippen molar-refractivity contribution in [1.29, 1.82) is 21.0 Å². The zero-order chi connectivity index (χ0) is 31.9. The van der Waals surface area contributed by atoms with Crippen LogP contribution in [0.4, 0.5) is 0 Å². The van der Waals surface area contributed by atoms with Crippen LogP contribution in [0.25, 0.3) is 28.9 Å². The van der Waals surface area contributed by atoms with Crippen LogP contribution in [0.3, 0.4) is 0 Å². The Morgan fingerprint density at radius 2 is 1.30 bits per heavy atom. The Morgan fingerprint density at radius 3 is 1.93 bits per heavy atom. The van der Waals surface area contributed by atoms with Gasteiger partial charge in [-0.3, -0.25) is 9.59 Å². The zero-order valence-corrected chi connectivity index (χ0v) is 28.0. The van der Waals surface area contributed by atoms with Crippen LogP contribution in [0.5, 0.6) is 0 Å². The summed E-state index contributed by atoms with van der Waals surface area (Å²) in [5, 5.41) is 36.7. The van der Waals surface area contributed by atoms with Crippen molar-refractivity contribution in [1.82, 2.24) is 0 Å². The molecule has 46 heavy (non-hydrogen) atoms. The number of allylic oxidation sites excluding steroid dienone is 4. The van der Waals surface area contributed by atoms with E-state index in [0.29, 0.717) is 14.6 Å². The highest BCUT2D eigenvalue weighted by Gasteiger charge is 2.44. The summed E-state index contributed by atoms with van der Waals surface area (Å²) in [5.74, 6) is -0.477. The fraction of sp³-hybridized carbons (Fsp3) is 0.0588. The molecule has 0 spiro atoms. The predicted octanol–water partition coefficient (Wildman–Crippen LogP) is 5.47. The molecule has 3 aliphatic rings. The molecule has 0 radical (unpaired) electrons. The summed E-state index contributed by atoms with van der Waals surface area (Å²) < 4.78 is 3.08. The van der Waals surface area contributed by atoms with E-state index in [1.54, 1.807) is 23.5 Å². The van der Waals surface area contributed by atoms with Crippen molar-refractivity contribution in [3.05, 3.63) is 114 Å². The van der Waals surface area contributed by atoms with E-state index < -0.39 is 0 Å². The van der Waals surface area contributed by atoms with E-state index in [1.165, 1.54) is 57.5 Å². The molecule has 0 N–H and O–H groups in total. The van der Waals surface area contributed by atoms with Gasteiger partial charge in [0, 0.05) is 49.9 Å². The molecule has 218 valence electrons. The Labute approximate surface area is 286 Å². The molecule has 4 aromatic rings. The molecule has 12 heteroatoms. The van der Waals surface area contributed by atoms with Gasteiger partial charge in [-0.1, -0.05) is 17.8 Å². The van der Waals surface area contributed by atoms with Crippen molar-refractivity contribution >= 4 is 108 Å². The molecular weight excluding hydrogens is 689 g/mol. The standard InChI is InChI=1S/C34H14N4O2S6/c35-13-17(14-36)25-5-1-19(41-25)9-21-3-7-27(43-21)31-23-11-30-24(12-29(23)45-33(31)39)32(34(40)46-30)28-8-4-22(44-28)10-20-2-6-26(42-20)18(15-37)16-38/h1-12,23,31H/b19-9+,20-10+. The summed E-state index contributed by atoms with van der Waals surface area (Å²) in [6.07, 6.45) is 8.06. The summed E-state index contributed by atoms with van der Waals surface area (Å²) in [6.45, 7) is 0. The second-order valence-corrected chi connectivity index (χ2v) is 16.6. The van der Waals surface area contributed by atoms with Gasteiger partial charge < -0.3 is 0 Å². The SMILES string of the molecule is N#CC(C#N)=c1cc/c(=C\c2ccc(C3=C4C=C5SC(=O)C(c6ccc(/C=c7\ccc(=C(C#N)C#N)s7)s6)C5C=C4SC3=O)s2)s1. The van der Waals surface area contributed by atoms with Crippen molar-refractivity contribution in [2.75, 3.05) is 0 Å². The minimum Gasteiger partial charge on any atom is -0.286 e. The largest absolute Gasteiger partial charge is 0.286 e. The fourth-order valence-corrected chi connectivity index (χ4v) is 11.6. The van der Waals surface area contributed by atoms with Crippen LogP contribution in [0.15, 0.2) is 76.1 Å². The van der Waals surface area contributed by atoms with Gasteiger partial charge in [0.1, 0.15) is 35.4 Å². The van der Waals surface area contributed by atoms with E-state index in [2.05, 4.69) is 6.08 Å². The Balaban J connectivity index is 1.18. The normalized spacial score (nSPS) is 19.1. The number of carbonyl (C=O) groups excluding carboxylic acids is 2. The lowest BCUT2D eigenvalue weighted by Crippen LogP contribution is -2.11. The minimum absolute atomic E-state index is 0.0171. The fourth-order valence-electron chi connectivity index (χ4n) is 5.26. The Hall–Kier alpha value is -4.50. The van der Waals surface area contributed by atoms with Crippen molar-refractivity contribution in [2.45, 2.75) is 5.92 Å². The first kappa shape index (κ1) is 30.2. The summed E-state index contributed by atoms with van der Waals surface area (Å²) >= 11 is 8.26. The van der Waals surface area contributed by atoms with Gasteiger partial charge in [0.25, 0.3) is 0 Å². The van der Waals surface area contributed by atoms with Crippen molar-refractivity contribution < 1.29 is 9.59 Å². The van der Waals surface area contributed by atoms with Gasteiger partial charge in [-0.05, 0) is 78.5 Å². The van der Waals surface area contributed by atoms with E-state index in [-0.39, 0.29) is 33.2 Å². The topological polar surface area (TPSA) is 129 Å². The van der Waals surface area contributed by atoms with Crippen LogP contribution in [0.2, 0.25) is 0 Å². The maximum absolute atomic E-state index is 13.3. The first-order chi connectivity index (χ1) is 22.4. The van der Waals surface area contributed by atoms with Crippen LogP contribution in [0.1, 0.15) is 25.4 Å². The molecule has 0 aromatic carbocycles. The number of nitriles is 4. The molecule has 2 atom stereocenters. The summed E-state index contributed by atoms with van der Waals surface area (Å²) in [5.41, 5.74) is 1.68. The summed E-state index contributed by atoms with van der Waals surface area (Å²) in [4.78, 5) is 32.2. The number of rotatable bonds is 4. The highest BCUT2D eigenvalue weighted by Crippen LogP contribution is 2.56. The Morgan fingerprint density at radius 1 is 0.696 bits per heavy atom. The molecular formula is C34H14N4O2S6. The first-order valence-electron chi connectivity index (χ1n) is 13.4. The van der Waals surface area contributed by atoms with Crippen LogP contribution in [-0.2, 0) is 9.59 Å². The van der Waals surface area contributed by atoms with Crippen molar-refractivity contribution in [3.63, 3.8) is 0 Å². The number of thiophene rings is 4. The maximum Gasteiger partial charge on any atom is 0.226 e. The van der Waals surface area contributed by atoms with E-state index >= 15 is 0 Å². The number of carbonyl (C=O) groups is 2. The third-order valence-corrected chi connectivity index (χ3v) is 13.6. The molecule has 6 nitrogen and oxygen atoms in total. The molecule has 1 saturated heterocycles. The monoisotopic (exact) mass is 702 g/mol. The van der Waals surface area contributed by atoms with Crippen molar-refractivity contribution in [3.8, 4) is 24.3 Å². The maximum atomic E-state index is 13.3. The highest BCUT2D eigenvalue weighted by atomic mass is 32.2. The predicted molar refractivity (Wildman–Crippen MR) is 187 cm³/mol. The number of hydrogen-bond acceptors (Lipinski definition) is 12. The molecule has 1 fully saturated rings. The van der Waals surface area contributed by atoms with Gasteiger partial charge in [0.05, 0.1) is 20.6 Å². The molecule has 0 bridgehead atoms. The van der Waals surface area contributed by atoms with E-state index in [1.807, 2.05) is 78.9 Å². The summed E-state index contributed by atoms with van der Waals surface area (Å²) in [7, 11) is 0. The van der Waals surface area contributed by atoms with Gasteiger partial charge in [-0.2, -0.15) is 21.0 Å². The van der Waals surface area contributed by atoms with Crippen LogP contribution < -0.4 is 18.1 Å². The van der Waals surface area contributed by atoms with E-state index in [4.69, 9.17) is 21.0 Å². The quantitative estimate of drug-likeness (QED) is 0.274. The number of fused-ring (bicyclic) bond motifs is 2. The molecule has 2 aliphatic heterocycles. The van der Waals surface area contributed by atoms with Gasteiger partial charge in [-0.25, -0.2) is 0 Å². The number of nitrogens with zero attached hydrogens (tertiary/aromatic N) is 4.